The van der Waals surface area contributed by atoms with E-state index in [9.17, 15) is 0 Å². The van der Waals surface area contributed by atoms with E-state index in [-0.39, 0.29) is 12.1 Å². The van der Waals surface area contributed by atoms with Gasteiger partial charge in [0.1, 0.15) is 6.04 Å². The van der Waals surface area contributed by atoms with Gasteiger partial charge in [-0.1, -0.05) is 137 Å². The summed E-state index contributed by atoms with van der Waals surface area (Å²) in [5, 5.41) is 9.22. The van der Waals surface area contributed by atoms with Gasteiger partial charge in [-0.15, -0.1) is 0 Å². The summed E-state index contributed by atoms with van der Waals surface area (Å²) in [6, 6.07) is 40.7. The van der Waals surface area contributed by atoms with Crippen molar-refractivity contribution in [3.63, 3.8) is 0 Å². The lowest BCUT2D eigenvalue weighted by molar-refractivity contribution is 0.463. The van der Waals surface area contributed by atoms with E-state index < -0.39 is 0 Å². The third-order valence-electron chi connectivity index (χ3n) is 7.25. The van der Waals surface area contributed by atoms with Gasteiger partial charge in [0, 0.05) is 17.4 Å². The first-order valence-corrected chi connectivity index (χ1v) is 13.6. The van der Waals surface area contributed by atoms with Crippen molar-refractivity contribution in [3.8, 4) is 11.3 Å². The zero-order valence-corrected chi connectivity index (χ0v) is 22.8. The molecule has 2 atom stereocenters. The van der Waals surface area contributed by atoms with E-state index in [0.717, 1.165) is 11.3 Å². The second kappa shape index (κ2) is 11.5. The Morgan fingerprint density at radius 2 is 1.11 bits per heavy atom. The van der Waals surface area contributed by atoms with Crippen molar-refractivity contribution < 1.29 is 0 Å². The molecule has 0 saturated carbocycles. The molecule has 0 saturated heterocycles. The van der Waals surface area contributed by atoms with Crippen LogP contribution in [0.4, 0.5) is 5.69 Å². The molecule has 0 unspecified atom stereocenters. The van der Waals surface area contributed by atoms with E-state index in [4.69, 9.17) is 5.10 Å². The third-order valence-corrected chi connectivity index (χ3v) is 7.25. The van der Waals surface area contributed by atoms with Gasteiger partial charge in [0.2, 0.25) is 0 Å². The van der Waals surface area contributed by atoms with Gasteiger partial charge in [-0.2, -0.15) is 5.10 Å². The van der Waals surface area contributed by atoms with Crippen LogP contribution in [0, 0.1) is 0 Å². The number of aromatic nitrogens is 2. The normalized spacial score (nSPS) is 13.0. The topological polar surface area (TPSA) is 29.9 Å². The van der Waals surface area contributed by atoms with E-state index >= 15 is 0 Å². The molecule has 0 radical (unpaired) electrons. The monoisotopic (exact) mass is 499 g/mol. The van der Waals surface area contributed by atoms with E-state index in [0.29, 0.717) is 11.8 Å². The molecule has 4 aromatic carbocycles. The quantitative estimate of drug-likeness (QED) is 0.219. The first kappa shape index (κ1) is 25.5. The molecule has 0 spiro atoms. The highest BCUT2D eigenvalue weighted by Crippen LogP contribution is 2.40. The molecule has 0 bridgehead atoms. The van der Waals surface area contributed by atoms with Crippen molar-refractivity contribution in [1.29, 1.82) is 0 Å². The summed E-state index contributed by atoms with van der Waals surface area (Å²) in [5.74, 6) is 0.800. The highest BCUT2D eigenvalue weighted by atomic mass is 15.3. The predicted octanol–water partition coefficient (Wildman–Crippen LogP) is 9.24. The van der Waals surface area contributed by atoms with Crippen molar-refractivity contribution in [2.45, 2.75) is 51.6 Å². The van der Waals surface area contributed by atoms with E-state index in [1.165, 1.54) is 27.9 Å². The Morgan fingerprint density at radius 3 is 1.66 bits per heavy atom. The summed E-state index contributed by atoms with van der Waals surface area (Å²) in [6.07, 6.45) is 2.12. The van der Waals surface area contributed by atoms with Crippen LogP contribution in [0.5, 0.6) is 0 Å². The Bertz CT molecular complexity index is 1410. The molecule has 0 aliphatic heterocycles. The number of anilines is 1. The molecule has 1 aromatic heterocycles. The standard InChI is InChI=1S/C35H37N3/c1-25(2)30-21-14-22-31(26(3)4)34(30)36-33(28-17-10-6-11-18-28)35(29-19-12-7-13-20-29)38-24-23-32(37-38)27-15-8-5-9-16-27/h5-26,33,35-36H,1-4H3/t33-,35-/m0/s1. The number of hydrogen-bond acceptors (Lipinski definition) is 2. The zero-order valence-electron chi connectivity index (χ0n) is 22.8. The Morgan fingerprint density at radius 1 is 0.579 bits per heavy atom. The molecule has 5 rings (SSSR count). The molecule has 0 aliphatic carbocycles. The summed E-state index contributed by atoms with van der Waals surface area (Å²) in [4.78, 5) is 0. The average molecular weight is 500 g/mol. The van der Waals surface area contributed by atoms with Crippen LogP contribution in [0.15, 0.2) is 121 Å². The molecule has 192 valence electrons. The van der Waals surface area contributed by atoms with Gasteiger partial charge in [0.25, 0.3) is 0 Å². The second-order valence-electron chi connectivity index (χ2n) is 10.6. The average Bonchev–Trinajstić information content (AvgIpc) is 3.44. The van der Waals surface area contributed by atoms with E-state index in [2.05, 4.69) is 153 Å². The molecule has 1 heterocycles. The molecule has 0 aliphatic rings. The summed E-state index contributed by atoms with van der Waals surface area (Å²) >= 11 is 0. The SMILES string of the molecule is CC(C)c1cccc(C(C)C)c1N[C@@H](c1ccccc1)[C@H](c1ccccc1)n1ccc(-c2ccccc2)n1. The molecule has 0 fully saturated rings. The van der Waals surface area contributed by atoms with E-state index in [1.54, 1.807) is 0 Å². The minimum Gasteiger partial charge on any atom is -0.375 e. The van der Waals surface area contributed by atoms with Crippen LogP contribution >= 0.6 is 0 Å². The maximum absolute atomic E-state index is 5.14. The number of benzene rings is 4. The highest BCUT2D eigenvalue weighted by Gasteiger charge is 2.29. The zero-order chi connectivity index (χ0) is 26.5. The fourth-order valence-corrected chi connectivity index (χ4v) is 5.28. The molecule has 1 N–H and O–H groups in total. The van der Waals surface area contributed by atoms with Crippen molar-refractivity contribution in [1.82, 2.24) is 9.78 Å². The first-order chi connectivity index (χ1) is 18.5. The second-order valence-corrected chi connectivity index (χ2v) is 10.6. The third kappa shape index (κ3) is 5.43. The summed E-state index contributed by atoms with van der Waals surface area (Å²) in [7, 11) is 0. The summed E-state index contributed by atoms with van der Waals surface area (Å²) in [5.41, 5.74) is 8.46. The van der Waals surface area contributed by atoms with Gasteiger partial charge in [-0.05, 0) is 40.2 Å². The summed E-state index contributed by atoms with van der Waals surface area (Å²) < 4.78 is 2.13. The van der Waals surface area contributed by atoms with Gasteiger partial charge in [0.15, 0.2) is 0 Å². The van der Waals surface area contributed by atoms with Crippen LogP contribution in [0.2, 0.25) is 0 Å². The molecular formula is C35H37N3. The van der Waals surface area contributed by atoms with Crippen LogP contribution < -0.4 is 5.32 Å². The largest absolute Gasteiger partial charge is 0.375 e. The highest BCUT2D eigenvalue weighted by molar-refractivity contribution is 5.62. The van der Waals surface area contributed by atoms with Gasteiger partial charge in [-0.3, -0.25) is 4.68 Å². The lowest BCUT2D eigenvalue weighted by atomic mass is 9.89. The van der Waals surface area contributed by atoms with Crippen LogP contribution in [-0.2, 0) is 0 Å². The van der Waals surface area contributed by atoms with Gasteiger partial charge < -0.3 is 5.32 Å². The maximum atomic E-state index is 5.14. The molecule has 3 nitrogen and oxygen atoms in total. The molecule has 5 aromatic rings. The van der Waals surface area contributed by atoms with Crippen LogP contribution in [0.3, 0.4) is 0 Å². The molecular weight excluding hydrogens is 462 g/mol. The number of nitrogens with zero attached hydrogens (tertiary/aromatic N) is 2. The van der Waals surface area contributed by atoms with Gasteiger partial charge in [0.05, 0.1) is 11.7 Å². The Hall–Kier alpha value is -4.11. The number of para-hydroxylation sites is 1. The summed E-state index contributed by atoms with van der Waals surface area (Å²) in [6.45, 7) is 9.10. The minimum atomic E-state index is -0.0590. The predicted molar refractivity (Wildman–Crippen MR) is 160 cm³/mol. The number of hydrogen-bond donors (Lipinski definition) is 1. The Kier molecular flexibility index (Phi) is 7.74. The van der Waals surface area contributed by atoms with Crippen LogP contribution in [0.25, 0.3) is 11.3 Å². The molecule has 38 heavy (non-hydrogen) atoms. The van der Waals surface area contributed by atoms with Gasteiger partial charge in [-0.25, -0.2) is 0 Å². The van der Waals surface area contributed by atoms with Gasteiger partial charge >= 0.3 is 0 Å². The Balaban J connectivity index is 1.68. The fraction of sp³-hybridized carbons (Fsp3) is 0.229. The fourth-order valence-electron chi connectivity index (χ4n) is 5.28. The van der Waals surface area contributed by atoms with Crippen LogP contribution in [0.1, 0.15) is 73.9 Å². The molecule has 0 amide bonds. The van der Waals surface area contributed by atoms with Crippen molar-refractivity contribution in [2.24, 2.45) is 0 Å². The Labute approximate surface area is 227 Å². The maximum Gasteiger partial charge on any atom is 0.101 e. The first-order valence-electron chi connectivity index (χ1n) is 13.6. The molecule has 3 heteroatoms. The lowest BCUT2D eigenvalue weighted by Crippen LogP contribution is -2.27. The van der Waals surface area contributed by atoms with E-state index in [1.807, 2.05) is 6.07 Å². The lowest BCUT2D eigenvalue weighted by Gasteiger charge is -2.33. The van der Waals surface area contributed by atoms with Crippen LogP contribution in [-0.4, -0.2) is 9.78 Å². The van der Waals surface area contributed by atoms with Crippen molar-refractivity contribution in [2.75, 3.05) is 5.32 Å². The van der Waals surface area contributed by atoms with Crippen molar-refractivity contribution in [3.05, 3.63) is 144 Å². The number of nitrogens with one attached hydrogen (secondary N) is 1. The minimum absolute atomic E-state index is 0.0421. The number of rotatable bonds is 9. The van der Waals surface area contributed by atoms with Crippen molar-refractivity contribution >= 4 is 5.69 Å². The smallest absolute Gasteiger partial charge is 0.101 e.